The summed E-state index contributed by atoms with van der Waals surface area (Å²) in [6, 6.07) is 13.8. The van der Waals surface area contributed by atoms with Crippen LogP contribution in [0.25, 0.3) is 16.9 Å². The third-order valence-electron chi connectivity index (χ3n) is 4.08. The van der Waals surface area contributed by atoms with E-state index in [4.69, 9.17) is 28.3 Å². The molecule has 0 spiro atoms. The van der Waals surface area contributed by atoms with E-state index in [9.17, 15) is 0 Å². The first-order valence-corrected chi connectivity index (χ1v) is 8.27. The van der Waals surface area contributed by atoms with E-state index in [0.29, 0.717) is 10.0 Å². The summed E-state index contributed by atoms with van der Waals surface area (Å²) in [6.45, 7) is 2.99. The predicted molar refractivity (Wildman–Crippen MR) is 96.0 cm³/mol. The van der Waals surface area contributed by atoms with Crippen LogP contribution in [-0.2, 0) is 6.42 Å². The summed E-state index contributed by atoms with van der Waals surface area (Å²) in [7, 11) is 0. The fourth-order valence-corrected chi connectivity index (χ4v) is 3.40. The number of aryl methyl sites for hydroxylation is 1. The Hall–Kier alpha value is -1.97. The first kappa shape index (κ1) is 14.6. The molecule has 0 unspecified atom stereocenters. The molecule has 116 valence electrons. The van der Waals surface area contributed by atoms with E-state index in [1.54, 1.807) is 6.07 Å². The van der Waals surface area contributed by atoms with Gasteiger partial charge < -0.3 is 5.32 Å². The van der Waals surface area contributed by atoms with Crippen molar-refractivity contribution in [2.75, 3.05) is 11.9 Å². The highest BCUT2D eigenvalue weighted by Gasteiger charge is 2.25. The Morgan fingerprint density at radius 2 is 2.00 bits per heavy atom. The van der Waals surface area contributed by atoms with E-state index in [1.807, 2.05) is 22.9 Å². The van der Waals surface area contributed by atoms with Crippen molar-refractivity contribution in [2.24, 2.45) is 0 Å². The zero-order valence-corrected chi connectivity index (χ0v) is 14.1. The summed E-state index contributed by atoms with van der Waals surface area (Å²) in [5, 5.41) is 9.59. The molecule has 0 bridgehead atoms. The summed E-state index contributed by atoms with van der Waals surface area (Å²) in [5.41, 5.74) is 5.22. The van der Waals surface area contributed by atoms with Crippen molar-refractivity contribution in [3.8, 4) is 16.9 Å². The Morgan fingerprint density at radius 3 is 2.83 bits per heavy atom. The van der Waals surface area contributed by atoms with Gasteiger partial charge in [-0.25, -0.2) is 4.68 Å². The summed E-state index contributed by atoms with van der Waals surface area (Å²) in [5.74, 6) is 1.04. The third-order valence-corrected chi connectivity index (χ3v) is 4.65. The van der Waals surface area contributed by atoms with Gasteiger partial charge in [-0.05, 0) is 49.2 Å². The highest BCUT2D eigenvalue weighted by Crippen LogP contribution is 2.38. The maximum atomic E-state index is 6.38. The Balaban J connectivity index is 1.93. The van der Waals surface area contributed by atoms with E-state index in [0.717, 1.165) is 35.7 Å². The predicted octanol–water partition coefficient (Wildman–Crippen LogP) is 5.12. The van der Waals surface area contributed by atoms with E-state index >= 15 is 0 Å². The standard InChI is InChI=1S/C18H15Cl2N3/c1-11-3-2-4-13(9-11)23-18-14(7-8-21-18)17(22-23)15-10-12(19)5-6-16(15)20/h2-6,9-10,21H,7-8H2,1H3. The molecule has 0 fully saturated rings. The number of hydrogen-bond donors (Lipinski definition) is 1. The maximum Gasteiger partial charge on any atom is 0.133 e. The summed E-state index contributed by atoms with van der Waals surface area (Å²) >= 11 is 12.5. The minimum Gasteiger partial charge on any atom is -0.369 e. The molecule has 3 nitrogen and oxygen atoms in total. The molecule has 0 aliphatic carbocycles. The van der Waals surface area contributed by atoms with Crippen molar-refractivity contribution in [1.82, 2.24) is 9.78 Å². The van der Waals surface area contributed by atoms with Crippen molar-refractivity contribution in [3.63, 3.8) is 0 Å². The number of nitrogens with zero attached hydrogens (tertiary/aromatic N) is 2. The molecule has 1 aromatic heterocycles. The van der Waals surface area contributed by atoms with Crippen molar-refractivity contribution < 1.29 is 0 Å². The van der Waals surface area contributed by atoms with Crippen LogP contribution >= 0.6 is 23.2 Å². The molecular weight excluding hydrogens is 329 g/mol. The number of fused-ring (bicyclic) bond motifs is 1. The second-order valence-corrected chi connectivity index (χ2v) is 6.57. The molecule has 4 rings (SSSR count). The van der Waals surface area contributed by atoms with Gasteiger partial charge in [-0.15, -0.1) is 0 Å². The van der Waals surface area contributed by atoms with Crippen LogP contribution in [0.15, 0.2) is 42.5 Å². The number of benzene rings is 2. The lowest BCUT2D eigenvalue weighted by Crippen LogP contribution is -2.04. The maximum absolute atomic E-state index is 6.38. The van der Waals surface area contributed by atoms with Gasteiger partial charge in [0.2, 0.25) is 0 Å². The van der Waals surface area contributed by atoms with Crippen LogP contribution in [-0.4, -0.2) is 16.3 Å². The van der Waals surface area contributed by atoms with Gasteiger partial charge in [0.25, 0.3) is 0 Å². The Kier molecular flexibility index (Phi) is 3.55. The second-order valence-electron chi connectivity index (χ2n) is 5.73. The SMILES string of the molecule is Cc1cccc(-n2nc(-c3cc(Cl)ccc3Cl)c3c2NCC3)c1. The van der Waals surface area contributed by atoms with E-state index < -0.39 is 0 Å². The number of rotatable bonds is 2. The number of aromatic nitrogens is 2. The third kappa shape index (κ3) is 2.50. The zero-order chi connectivity index (χ0) is 16.0. The molecule has 1 aliphatic rings. The van der Waals surface area contributed by atoms with Gasteiger partial charge in [-0.1, -0.05) is 35.3 Å². The van der Waals surface area contributed by atoms with E-state index in [1.165, 1.54) is 11.1 Å². The van der Waals surface area contributed by atoms with Crippen LogP contribution in [0.3, 0.4) is 0 Å². The topological polar surface area (TPSA) is 29.9 Å². The lowest BCUT2D eigenvalue weighted by atomic mass is 10.1. The number of halogens is 2. The molecular formula is C18H15Cl2N3. The molecule has 23 heavy (non-hydrogen) atoms. The van der Waals surface area contributed by atoms with Gasteiger partial charge in [-0.2, -0.15) is 5.10 Å². The van der Waals surface area contributed by atoms with Gasteiger partial charge in [-0.3, -0.25) is 0 Å². The normalized spacial score (nSPS) is 13.0. The minimum absolute atomic E-state index is 0.661. The molecule has 1 N–H and O–H groups in total. The quantitative estimate of drug-likeness (QED) is 0.699. The number of nitrogens with one attached hydrogen (secondary N) is 1. The molecule has 3 aromatic rings. The Labute approximate surface area is 144 Å². The van der Waals surface area contributed by atoms with Crippen LogP contribution in [0.4, 0.5) is 5.82 Å². The zero-order valence-electron chi connectivity index (χ0n) is 12.6. The average molecular weight is 344 g/mol. The molecule has 2 aromatic carbocycles. The molecule has 0 saturated carbocycles. The van der Waals surface area contributed by atoms with Crippen LogP contribution < -0.4 is 5.32 Å². The number of hydrogen-bond acceptors (Lipinski definition) is 2. The van der Waals surface area contributed by atoms with Crippen LogP contribution in [0.2, 0.25) is 10.0 Å². The fraction of sp³-hybridized carbons (Fsp3) is 0.167. The highest BCUT2D eigenvalue weighted by atomic mass is 35.5. The summed E-state index contributed by atoms with van der Waals surface area (Å²) in [6.07, 6.45) is 0.930. The molecule has 1 aliphatic heterocycles. The van der Waals surface area contributed by atoms with Crippen LogP contribution in [0, 0.1) is 6.92 Å². The fourth-order valence-electron chi connectivity index (χ4n) is 3.02. The second kappa shape index (κ2) is 5.59. The monoisotopic (exact) mass is 343 g/mol. The Morgan fingerprint density at radius 1 is 1.13 bits per heavy atom. The number of anilines is 1. The molecule has 2 heterocycles. The van der Waals surface area contributed by atoms with E-state index in [2.05, 4.69) is 30.4 Å². The lowest BCUT2D eigenvalue weighted by molar-refractivity contribution is 0.881. The Bertz CT molecular complexity index is 899. The largest absolute Gasteiger partial charge is 0.369 e. The van der Waals surface area contributed by atoms with Gasteiger partial charge >= 0.3 is 0 Å². The van der Waals surface area contributed by atoms with Crippen molar-refractivity contribution in [2.45, 2.75) is 13.3 Å². The first-order valence-electron chi connectivity index (χ1n) is 7.52. The van der Waals surface area contributed by atoms with Crippen molar-refractivity contribution in [3.05, 3.63) is 63.6 Å². The summed E-state index contributed by atoms with van der Waals surface area (Å²) < 4.78 is 1.96. The molecule has 0 radical (unpaired) electrons. The van der Waals surface area contributed by atoms with Gasteiger partial charge in [0.15, 0.2) is 0 Å². The van der Waals surface area contributed by atoms with Crippen LogP contribution in [0.1, 0.15) is 11.1 Å². The van der Waals surface area contributed by atoms with E-state index in [-0.39, 0.29) is 0 Å². The average Bonchev–Trinajstić information content (AvgIpc) is 3.12. The lowest BCUT2D eigenvalue weighted by Gasteiger charge is -2.07. The molecule has 0 amide bonds. The first-order chi connectivity index (χ1) is 11.1. The molecule has 5 heteroatoms. The minimum atomic E-state index is 0.661. The highest BCUT2D eigenvalue weighted by molar-refractivity contribution is 6.35. The summed E-state index contributed by atoms with van der Waals surface area (Å²) in [4.78, 5) is 0. The van der Waals surface area contributed by atoms with Gasteiger partial charge in [0.05, 0.1) is 16.4 Å². The van der Waals surface area contributed by atoms with Gasteiger partial charge in [0.1, 0.15) is 5.82 Å². The van der Waals surface area contributed by atoms with Gasteiger partial charge in [0, 0.05) is 22.7 Å². The van der Waals surface area contributed by atoms with Crippen LogP contribution in [0.5, 0.6) is 0 Å². The smallest absolute Gasteiger partial charge is 0.133 e. The molecule has 0 atom stereocenters. The van der Waals surface area contributed by atoms with Crippen molar-refractivity contribution >= 4 is 29.0 Å². The molecule has 0 saturated heterocycles. The van der Waals surface area contributed by atoms with Crippen molar-refractivity contribution in [1.29, 1.82) is 0 Å².